The van der Waals surface area contributed by atoms with Crippen LogP contribution in [0.25, 0.3) is 0 Å². The van der Waals surface area contributed by atoms with Crippen molar-refractivity contribution < 1.29 is 4.79 Å². The molecule has 0 spiro atoms. The molecule has 0 aliphatic carbocycles. The molecular weight excluding hydrogens is 300 g/mol. The molecule has 112 valence electrons. The van der Waals surface area contributed by atoms with Crippen LogP contribution in [0, 0.1) is 0 Å². The third-order valence-corrected chi connectivity index (χ3v) is 3.52. The Labute approximate surface area is 133 Å². The highest BCUT2D eigenvalue weighted by molar-refractivity contribution is 6.33. The summed E-state index contributed by atoms with van der Waals surface area (Å²) in [5, 5.41) is 9.21. The van der Waals surface area contributed by atoms with Crippen molar-refractivity contribution in [2.75, 3.05) is 23.7 Å². The predicted octanol–water partition coefficient (Wildman–Crippen LogP) is 3.33. The number of benzene rings is 2. The highest BCUT2D eigenvalue weighted by atomic mass is 35.5. The monoisotopic (exact) mass is 314 g/mol. The molecule has 6 heteroatoms. The molecule has 0 bridgehead atoms. The maximum absolute atomic E-state index is 12.0. The number of para-hydroxylation sites is 1. The lowest BCUT2D eigenvalue weighted by molar-refractivity contribution is 0.262. The summed E-state index contributed by atoms with van der Waals surface area (Å²) >= 11 is 6.02. The minimum atomic E-state index is -0.341. The van der Waals surface area contributed by atoms with Gasteiger partial charge >= 0.3 is 6.03 Å². The molecular formula is C16H15ClN4O. The van der Waals surface area contributed by atoms with Crippen molar-refractivity contribution in [3.8, 4) is 0 Å². The minimum absolute atomic E-state index is 0.341. The molecule has 22 heavy (non-hydrogen) atoms. The number of urea groups is 1. The summed E-state index contributed by atoms with van der Waals surface area (Å²) in [4.78, 5) is 16.4. The van der Waals surface area contributed by atoms with E-state index in [1.54, 1.807) is 12.1 Å². The average molecular weight is 315 g/mol. The van der Waals surface area contributed by atoms with Gasteiger partial charge in [-0.05, 0) is 24.3 Å². The molecule has 0 unspecified atom stereocenters. The second kappa shape index (κ2) is 6.49. The summed E-state index contributed by atoms with van der Waals surface area (Å²) in [6, 6.07) is 14.3. The third kappa shape index (κ3) is 3.38. The van der Waals surface area contributed by atoms with Crippen LogP contribution in [0.2, 0.25) is 5.02 Å². The molecule has 2 amide bonds. The Bertz CT molecular complexity index is 730. The first-order valence-corrected chi connectivity index (χ1v) is 7.31. The number of halogens is 1. The lowest BCUT2D eigenvalue weighted by Crippen LogP contribution is -2.21. The van der Waals surface area contributed by atoms with E-state index in [0.29, 0.717) is 16.4 Å². The van der Waals surface area contributed by atoms with Gasteiger partial charge in [0.25, 0.3) is 0 Å². The van der Waals surface area contributed by atoms with E-state index in [1.807, 2.05) is 36.4 Å². The summed E-state index contributed by atoms with van der Waals surface area (Å²) in [5.74, 6) is 0.857. The quantitative estimate of drug-likeness (QED) is 0.813. The van der Waals surface area contributed by atoms with Crippen LogP contribution in [0.5, 0.6) is 0 Å². The van der Waals surface area contributed by atoms with Gasteiger partial charge in [0.1, 0.15) is 5.84 Å². The fraction of sp³-hybridized carbons (Fsp3) is 0.125. The summed E-state index contributed by atoms with van der Waals surface area (Å²) in [6.45, 7) is 1.62. The zero-order chi connectivity index (χ0) is 15.4. The average Bonchev–Trinajstić information content (AvgIpc) is 3.04. The van der Waals surface area contributed by atoms with Crippen LogP contribution in [0.1, 0.15) is 5.56 Å². The largest absolute Gasteiger partial charge is 0.368 e. The van der Waals surface area contributed by atoms with Crippen LogP contribution < -0.4 is 16.0 Å². The van der Waals surface area contributed by atoms with E-state index in [-0.39, 0.29) is 6.03 Å². The molecule has 1 aliphatic heterocycles. The van der Waals surface area contributed by atoms with Crippen molar-refractivity contribution in [2.45, 2.75) is 0 Å². The van der Waals surface area contributed by atoms with Gasteiger partial charge in [-0.3, -0.25) is 4.99 Å². The fourth-order valence-electron chi connectivity index (χ4n) is 2.18. The standard InChI is InChI=1S/C16H15ClN4O/c17-13-6-1-2-7-14(13)21-16(22)20-12-5-3-4-11(10-12)15-18-8-9-19-15/h1-7,10H,8-9H2,(H,18,19)(H2,20,21,22). The van der Waals surface area contributed by atoms with Gasteiger partial charge in [0.15, 0.2) is 0 Å². The molecule has 0 fully saturated rings. The molecule has 3 N–H and O–H groups in total. The number of carbonyl (C=O) groups is 1. The van der Waals surface area contributed by atoms with Crippen LogP contribution in [-0.2, 0) is 0 Å². The molecule has 0 saturated heterocycles. The molecule has 1 aliphatic rings. The van der Waals surface area contributed by atoms with E-state index in [9.17, 15) is 4.79 Å². The second-order valence-corrected chi connectivity index (χ2v) is 5.20. The first-order valence-electron chi connectivity index (χ1n) is 6.94. The van der Waals surface area contributed by atoms with Gasteiger partial charge in [0.05, 0.1) is 17.3 Å². The van der Waals surface area contributed by atoms with Gasteiger partial charge in [-0.15, -0.1) is 0 Å². The minimum Gasteiger partial charge on any atom is -0.368 e. The summed E-state index contributed by atoms with van der Waals surface area (Å²) in [6.07, 6.45) is 0. The molecule has 3 rings (SSSR count). The molecule has 5 nitrogen and oxygen atoms in total. The van der Waals surface area contributed by atoms with Crippen molar-refractivity contribution >= 4 is 34.8 Å². The van der Waals surface area contributed by atoms with Crippen LogP contribution in [0.3, 0.4) is 0 Å². The van der Waals surface area contributed by atoms with Crippen LogP contribution in [0.4, 0.5) is 16.2 Å². The Morgan fingerprint density at radius 1 is 1.14 bits per heavy atom. The number of amidine groups is 1. The Morgan fingerprint density at radius 2 is 2.00 bits per heavy atom. The molecule has 0 saturated carbocycles. The zero-order valence-electron chi connectivity index (χ0n) is 11.8. The van der Waals surface area contributed by atoms with Crippen LogP contribution >= 0.6 is 11.6 Å². The van der Waals surface area contributed by atoms with E-state index < -0.39 is 0 Å². The number of anilines is 2. The van der Waals surface area contributed by atoms with Gasteiger partial charge in [-0.25, -0.2) is 4.79 Å². The van der Waals surface area contributed by atoms with E-state index >= 15 is 0 Å². The number of rotatable bonds is 3. The van der Waals surface area contributed by atoms with Crippen molar-refractivity contribution in [3.05, 3.63) is 59.1 Å². The van der Waals surface area contributed by atoms with Gasteiger partial charge in [-0.2, -0.15) is 0 Å². The third-order valence-electron chi connectivity index (χ3n) is 3.19. The molecule has 2 aromatic rings. The summed E-state index contributed by atoms with van der Waals surface area (Å²) < 4.78 is 0. The van der Waals surface area contributed by atoms with Gasteiger partial charge in [-0.1, -0.05) is 35.9 Å². The maximum atomic E-state index is 12.0. The Hall–Kier alpha value is -2.53. The normalized spacial score (nSPS) is 13.2. The highest BCUT2D eigenvalue weighted by Crippen LogP contribution is 2.21. The first kappa shape index (κ1) is 14.4. The number of aliphatic imine (C=N–C) groups is 1. The molecule has 0 aromatic heterocycles. The number of hydrogen-bond acceptors (Lipinski definition) is 3. The van der Waals surface area contributed by atoms with Crippen molar-refractivity contribution in [1.29, 1.82) is 0 Å². The number of carbonyl (C=O) groups excluding carboxylic acids is 1. The van der Waals surface area contributed by atoms with Gasteiger partial charge < -0.3 is 16.0 Å². The topological polar surface area (TPSA) is 65.5 Å². The van der Waals surface area contributed by atoms with Gasteiger partial charge in [0.2, 0.25) is 0 Å². The van der Waals surface area contributed by atoms with E-state index in [2.05, 4.69) is 20.9 Å². The summed E-state index contributed by atoms with van der Waals surface area (Å²) in [7, 11) is 0. The van der Waals surface area contributed by atoms with Crippen LogP contribution in [0.15, 0.2) is 53.5 Å². The SMILES string of the molecule is O=C(Nc1cccc(C2=NCCN2)c1)Nc1ccccc1Cl. The van der Waals surface area contributed by atoms with Crippen molar-refractivity contribution in [2.24, 2.45) is 4.99 Å². The maximum Gasteiger partial charge on any atom is 0.323 e. The number of hydrogen-bond donors (Lipinski definition) is 3. The Balaban J connectivity index is 1.69. The predicted molar refractivity (Wildman–Crippen MR) is 89.9 cm³/mol. The smallest absolute Gasteiger partial charge is 0.323 e. The first-order chi connectivity index (χ1) is 10.7. The Kier molecular flexibility index (Phi) is 4.25. The van der Waals surface area contributed by atoms with Crippen molar-refractivity contribution in [3.63, 3.8) is 0 Å². The van der Waals surface area contributed by atoms with E-state index in [4.69, 9.17) is 11.6 Å². The summed E-state index contributed by atoms with van der Waals surface area (Å²) in [5.41, 5.74) is 2.21. The number of nitrogens with one attached hydrogen (secondary N) is 3. The van der Waals surface area contributed by atoms with Gasteiger partial charge in [0, 0.05) is 17.8 Å². The second-order valence-electron chi connectivity index (χ2n) is 4.80. The molecule has 0 atom stereocenters. The number of amides is 2. The zero-order valence-corrected chi connectivity index (χ0v) is 12.5. The molecule has 0 radical (unpaired) electrons. The molecule has 1 heterocycles. The Morgan fingerprint density at radius 3 is 2.77 bits per heavy atom. The number of nitrogens with zero attached hydrogens (tertiary/aromatic N) is 1. The lowest BCUT2D eigenvalue weighted by atomic mass is 10.2. The van der Waals surface area contributed by atoms with Crippen molar-refractivity contribution in [1.82, 2.24) is 5.32 Å². The van der Waals surface area contributed by atoms with Crippen LogP contribution in [-0.4, -0.2) is 25.0 Å². The highest BCUT2D eigenvalue weighted by Gasteiger charge is 2.10. The van der Waals surface area contributed by atoms with E-state index in [1.165, 1.54) is 0 Å². The van der Waals surface area contributed by atoms with E-state index in [0.717, 1.165) is 24.5 Å². The fourth-order valence-corrected chi connectivity index (χ4v) is 2.37. The lowest BCUT2D eigenvalue weighted by Gasteiger charge is -2.10. The molecule has 2 aromatic carbocycles.